The number of hydrogen-bond acceptors (Lipinski definition) is 7. The van der Waals surface area contributed by atoms with Crippen molar-refractivity contribution in [2.75, 3.05) is 25.0 Å². The van der Waals surface area contributed by atoms with Crippen molar-refractivity contribution in [2.24, 2.45) is 0 Å². The molecule has 2 heterocycles. The van der Waals surface area contributed by atoms with Gasteiger partial charge in [-0.25, -0.2) is 13.8 Å². The average molecular weight is 609 g/mol. The number of carbonyl (C=O) groups excluding carboxylic acids is 3. The van der Waals surface area contributed by atoms with Gasteiger partial charge in [-0.15, -0.1) is 11.3 Å². The summed E-state index contributed by atoms with van der Waals surface area (Å²) >= 11 is 1.49. The Bertz CT molecular complexity index is 1390. The Morgan fingerprint density at radius 3 is 2.40 bits per heavy atom. The maximum absolute atomic E-state index is 13.9. The molecule has 7 nitrogen and oxygen atoms in total. The second-order valence-corrected chi connectivity index (χ2v) is 10.6. The van der Waals surface area contributed by atoms with Gasteiger partial charge in [0.2, 0.25) is 0 Å². The van der Waals surface area contributed by atoms with Crippen molar-refractivity contribution in [3.05, 3.63) is 100 Å². The van der Waals surface area contributed by atoms with Gasteiger partial charge in [0.15, 0.2) is 0 Å². The Morgan fingerprint density at radius 1 is 0.953 bits per heavy atom. The number of amides is 1. The number of anilines is 1. The average Bonchev–Trinajstić information content (AvgIpc) is 3.51. The number of aromatic nitrogens is 2. The first kappa shape index (κ1) is 35.0. The van der Waals surface area contributed by atoms with E-state index in [1.807, 2.05) is 44.0 Å². The lowest BCUT2D eigenvalue weighted by atomic mass is 9.99. The van der Waals surface area contributed by atoms with Crippen LogP contribution in [0.5, 0.6) is 0 Å². The Morgan fingerprint density at radius 2 is 1.70 bits per heavy atom. The van der Waals surface area contributed by atoms with Crippen molar-refractivity contribution in [1.29, 1.82) is 0 Å². The van der Waals surface area contributed by atoms with E-state index in [-0.39, 0.29) is 11.5 Å². The Kier molecular flexibility index (Phi) is 15.0. The van der Waals surface area contributed by atoms with Gasteiger partial charge in [0.25, 0.3) is 11.8 Å². The molecule has 0 saturated carbocycles. The first-order valence-corrected chi connectivity index (χ1v) is 14.7. The van der Waals surface area contributed by atoms with Crippen molar-refractivity contribution in [1.82, 2.24) is 14.9 Å². The number of aryl methyl sites for hydroxylation is 1. The van der Waals surface area contributed by atoms with Crippen LogP contribution in [-0.4, -0.2) is 54.0 Å². The van der Waals surface area contributed by atoms with Crippen LogP contribution in [-0.2, 0) is 28.4 Å². The van der Waals surface area contributed by atoms with Gasteiger partial charge >= 0.3 is 0 Å². The maximum Gasteiger partial charge on any atom is 0.275 e. The van der Waals surface area contributed by atoms with Crippen molar-refractivity contribution >= 4 is 36.5 Å². The molecule has 0 aliphatic carbocycles. The van der Waals surface area contributed by atoms with E-state index in [0.717, 1.165) is 62.9 Å². The highest BCUT2D eigenvalue weighted by molar-refractivity contribution is 7.09. The monoisotopic (exact) mass is 608 g/mol. The van der Waals surface area contributed by atoms with Crippen LogP contribution in [0, 0.1) is 0 Å². The second-order valence-electron chi connectivity index (χ2n) is 9.61. The third-order valence-electron chi connectivity index (χ3n) is 6.46. The first-order chi connectivity index (χ1) is 20.8. The van der Waals surface area contributed by atoms with Crippen LogP contribution in [0.4, 0.5) is 14.5 Å². The summed E-state index contributed by atoms with van der Waals surface area (Å²) in [6.07, 6.45) is 5.61. The number of carbonyl (C=O) groups is 3. The van der Waals surface area contributed by atoms with Crippen molar-refractivity contribution in [3.8, 4) is 11.1 Å². The Labute approximate surface area is 256 Å². The van der Waals surface area contributed by atoms with Crippen LogP contribution in [0.15, 0.2) is 78.3 Å². The predicted molar refractivity (Wildman–Crippen MR) is 169 cm³/mol. The van der Waals surface area contributed by atoms with E-state index in [1.54, 1.807) is 29.6 Å². The zero-order chi connectivity index (χ0) is 31.7. The van der Waals surface area contributed by atoms with E-state index in [1.165, 1.54) is 23.5 Å². The number of para-hydroxylation sites is 1. The molecule has 0 saturated heterocycles. The number of rotatable bonds is 13. The van der Waals surface area contributed by atoms with Crippen LogP contribution in [0.25, 0.3) is 11.1 Å². The SMILES string of the molecule is C=O.C=O.CCCN(CCCc1nc(C(=O)Nc2ccccc2-c2cccc(C(C)(F)F)c2)cs1)CCc1ccccn1. The van der Waals surface area contributed by atoms with Gasteiger partial charge < -0.3 is 19.8 Å². The molecular weight excluding hydrogens is 570 g/mol. The van der Waals surface area contributed by atoms with Crippen LogP contribution in [0.3, 0.4) is 0 Å². The summed E-state index contributed by atoms with van der Waals surface area (Å²) in [5.74, 6) is -3.26. The molecule has 2 aromatic heterocycles. The molecule has 2 aromatic carbocycles. The van der Waals surface area contributed by atoms with Gasteiger partial charge in [-0.05, 0) is 55.8 Å². The van der Waals surface area contributed by atoms with Gasteiger partial charge in [0.05, 0.1) is 5.01 Å². The third kappa shape index (κ3) is 11.2. The molecule has 4 aromatic rings. The van der Waals surface area contributed by atoms with Crippen molar-refractivity contribution < 1.29 is 23.2 Å². The fourth-order valence-electron chi connectivity index (χ4n) is 4.44. The lowest BCUT2D eigenvalue weighted by molar-refractivity contribution is -0.0987. The topological polar surface area (TPSA) is 92.3 Å². The number of alkyl halides is 2. The summed E-state index contributed by atoms with van der Waals surface area (Å²) in [5.41, 5.74) is 3.24. The number of hydrogen-bond donors (Lipinski definition) is 1. The minimum atomic E-state index is -2.95. The summed E-state index contributed by atoms with van der Waals surface area (Å²) < 4.78 is 27.8. The molecule has 0 radical (unpaired) electrons. The van der Waals surface area contributed by atoms with Gasteiger partial charge in [0.1, 0.15) is 19.3 Å². The molecule has 0 bridgehead atoms. The molecule has 1 N–H and O–H groups in total. The van der Waals surface area contributed by atoms with Crippen LogP contribution in [0.1, 0.15) is 53.4 Å². The number of pyridine rings is 1. The molecule has 43 heavy (non-hydrogen) atoms. The Hall–Kier alpha value is -4.15. The lowest BCUT2D eigenvalue weighted by Gasteiger charge is -2.21. The largest absolute Gasteiger partial charge is 0.320 e. The van der Waals surface area contributed by atoms with Crippen molar-refractivity contribution in [3.63, 3.8) is 0 Å². The molecule has 0 fully saturated rings. The summed E-state index contributed by atoms with van der Waals surface area (Å²) in [4.78, 5) is 40.5. The smallest absolute Gasteiger partial charge is 0.275 e. The fraction of sp³-hybridized carbons (Fsp3) is 0.303. The van der Waals surface area contributed by atoms with E-state index in [2.05, 4.69) is 33.2 Å². The number of nitrogens with one attached hydrogen (secondary N) is 1. The van der Waals surface area contributed by atoms with Crippen LogP contribution < -0.4 is 5.32 Å². The van der Waals surface area contributed by atoms with Gasteiger partial charge in [-0.3, -0.25) is 9.78 Å². The first-order valence-electron chi connectivity index (χ1n) is 13.9. The summed E-state index contributed by atoms with van der Waals surface area (Å²) in [5, 5.41) is 5.62. The van der Waals surface area contributed by atoms with E-state index in [4.69, 9.17) is 9.59 Å². The Balaban J connectivity index is 0.00000155. The molecule has 0 spiro atoms. The summed E-state index contributed by atoms with van der Waals surface area (Å²) in [6.45, 7) is 10.0. The highest BCUT2D eigenvalue weighted by Gasteiger charge is 2.24. The quantitative estimate of drug-likeness (QED) is 0.174. The van der Waals surface area contributed by atoms with Crippen LogP contribution >= 0.6 is 11.3 Å². The predicted octanol–water partition coefficient (Wildman–Crippen LogP) is 7.09. The molecule has 0 aliphatic heterocycles. The fourth-order valence-corrected chi connectivity index (χ4v) is 5.26. The van der Waals surface area contributed by atoms with E-state index in [9.17, 15) is 13.6 Å². The minimum absolute atomic E-state index is 0.0699. The molecule has 10 heteroatoms. The number of nitrogens with zero attached hydrogens (tertiary/aromatic N) is 3. The lowest BCUT2D eigenvalue weighted by Crippen LogP contribution is -2.28. The second kappa shape index (κ2) is 18.4. The summed E-state index contributed by atoms with van der Waals surface area (Å²) in [7, 11) is 0. The molecule has 228 valence electrons. The van der Waals surface area contributed by atoms with Gasteiger partial charge in [-0.1, -0.05) is 49.4 Å². The van der Waals surface area contributed by atoms with E-state index < -0.39 is 5.92 Å². The minimum Gasteiger partial charge on any atom is -0.320 e. The van der Waals surface area contributed by atoms with Gasteiger partial charge in [0, 0.05) is 60.4 Å². The maximum atomic E-state index is 13.9. The highest BCUT2D eigenvalue weighted by Crippen LogP contribution is 2.33. The third-order valence-corrected chi connectivity index (χ3v) is 7.36. The van der Waals surface area contributed by atoms with Crippen LogP contribution in [0.2, 0.25) is 0 Å². The number of thiazole rings is 1. The molecule has 0 atom stereocenters. The standard InChI is InChI=1S/C31H34F2N4OS.2CH2O/c1-3-18-37(20-16-25-12-6-7-17-34-25)19-9-15-29-35-28(22-39-29)30(38)36-27-14-5-4-13-26(27)23-10-8-11-24(21-23)31(2,32)33;2*1-2/h4-8,10-14,17,21-22H,3,9,15-16,18-20H2,1-2H3,(H,36,38);2*1H2. The summed E-state index contributed by atoms with van der Waals surface area (Å²) in [6, 6.07) is 19.5. The normalized spacial score (nSPS) is 10.7. The molecule has 0 unspecified atom stereocenters. The molecular formula is C33H38F2N4O3S. The molecule has 4 rings (SSSR count). The van der Waals surface area contributed by atoms with E-state index in [0.29, 0.717) is 22.5 Å². The highest BCUT2D eigenvalue weighted by atomic mass is 32.1. The number of benzene rings is 2. The van der Waals surface area contributed by atoms with Crippen molar-refractivity contribution in [2.45, 2.75) is 45.5 Å². The molecule has 0 aliphatic rings. The zero-order valence-electron chi connectivity index (χ0n) is 24.6. The number of halogens is 2. The molecule has 1 amide bonds. The van der Waals surface area contributed by atoms with E-state index >= 15 is 0 Å². The zero-order valence-corrected chi connectivity index (χ0v) is 25.4. The van der Waals surface area contributed by atoms with Gasteiger partial charge in [-0.2, -0.15) is 0 Å².